The first-order chi connectivity index (χ1) is 16.4. The summed E-state index contributed by atoms with van der Waals surface area (Å²) in [4.78, 5) is 22.5. The molecule has 0 radical (unpaired) electrons. The van der Waals surface area contributed by atoms with Crippen LogP contribution in [0.2, 0.25) is 0 Å². The first-order valence-corrected chi connectivity index (χ1v) is 12.4. The van der Waals surface area contributed by atoms with Crippen LogP contribution in [0.15, 0.2) is 30.3 Å². The molecule has 174 valence electrons. The first kappa shape index (κ1) is 21.4. The van der Waals surface area contributed by atoms with Crippen LogP contribution in [0.4, 0.5) is 5.69 Å². The summed E-state index contributed by atoms with van der Waals surface area (Å²) in [5.74, 6) is 0.0869. The molecule has 3 aromatic rings. The van der Waals surface area contributed by atoms with Crippen molar-refractivity contribution in [3.63, 3.8) is 0 Å². The molecule has 2 N–H and O–H groups in total. The van der Waals surface area contributed by atoms with E-state index in [1.165, 1.54) is 11.3 Å². The van der Waals surface area contributed by atoms with E-state index >= 15 is 0 Å². The van der Waals surface area contributed by atoms with Crippen molar-refractivity contribution in [2.75, 3.05) is 44.2 Å². The summed E-state index contributed by atoms with van der Waals surface area (Å²) in [6, 6.07) is 12.9. The number of hydrogen-bond donors (Lipinski definition) is 2. The Morgan fingerprint density at radius 2 is 1.88 bits per heavy atom. The molecule has 3 aliphatic rings. The fraction of sp³-hybridized carbons (Fsp3) is 0.429. The summed E-state index contributed by atoms with van der Waals surface area (Å²) in [5, 5.41) is 13.6. The second-order valence-corrected chi connectivity index (χ2v) is 10.4. The number of carbonyl (C=O) groups is 1. The Hall–Kier alpha value is -3.14. The lowest BCUT2D eigenvalue weighted by Gasteiger charge is -2.44. The lowest BCUT2D eigenvalue weighted by molar-refractivity contribution is 0.103. The molecule has 2 aliphatic heterocycles. The number of aromatic nitrogens is 1. The van der Waals surface area contributed by atoms with E-state index in [0.29, 0.717) is 11.6 Å². The van der Waals surface area contributed by atoms with Gasteiger partial charge >= 0.3 is 0 Å². The monoisotopic (exact) mass is 453 g/mol. The van der Waals surface area contributed by atoms with Gasteiger partial charge in [0.15, 0.2) is 5.78 Å². The van der Waals surface area contributed by atoms with Gasteiger partial charge < -0.3 is 15.2 Å². The molecule has 2 saturated heterocycles. The average molecular weight is 454 g/mol. The van der Waals surface area contributed by atoms with Gasteiger partial charge in [0.2, 0.25) is 0 Å². The number of carbonyl (C=O) groups excluding carboxylic acids is 1. The van der Waals surface area contributed by atoms with E-state index in [1.54, 1.807) is 6.07 Å². The molecule has 1 aromatic heterocycles. The molecule has 6 rings (SSSR count). The number of nitrogens with zero attached hydrogens (tertiary/aromatic N) is 3. The van der Waals surface area contributed by atoms with E-state index in [1.807, 2.05) is 12.1 Å². The fourth-order valence-corrected chi connectivity index (χ4v) is 6.02. The van der Waals surface area contributed by atoms with Gasteiger partial charge in [0, 0.05) is 78.6 Å². The number of nitriles is 1. The highest BCUT2D eigenvalue weighted by Crippen LogP contribution is 2.45. The summed E-state index contributed by atoms with van der Waals surface area (Å²) in [6.45, 7) is 13.0. The number of nitrogens with one attached hydrogen (secondary N) is 2. The molecule has 3 heterocycles. The molecule has 34 heavy (non-hydrogen) atoms. The lowest BCUT2D eigenvalue weighted by Crippen LogP contribution is -2.61. The Labute approximate surface area is 200 Å². The van der Waals surface area contributed by atoms with Crippen LogP contribution in [-0.4, -0.2) is 61.0 Å². The molecule has 1 aliphatic carbocycles. The minimum absolute atomic E-state index is 0.0869. The topological polar surface area (TPSA) is 75.2 Å². The van der Waals surface area contributed by atoms with Gasteiger partial charge in [-0.25, -0.2) is 0 Å². The summed E-state index contributed by atoms with van der Waals surface area (Å²) in [7, 11) is 0. The zero-order valence-corrected chi connectivity index (χ0v) is 20.2. The fourth-order valence-electron chi connectivity index (χ4n) is 6.02. The number of hydrogen-bond acceptors (Lipinski definition) is 5. The van der Waals surface area contributed by atoms with Crippen molar-refractivity contribution in [1.82, 2.24) is 15.2 Å². The standard InChI is InChI=1S/C28H31N5O/c1-4-18-12-21-22(13-24(18)33-9-7-32(8-10-33)19-15-30-16-19)28(2,3)27-25(26(21)34)20-6-5-17(14-29)11-23(20)31-27/h5-6,11-13,19,30-31H,4,7-10,15-16H2,1-3H3. The van der Waals surface area contributed by atoms with Gasteiger partial charge in [0.25, 0.3) is 0 Å². The molecule has 0 bridgehead atoms. The quantitative estimate of drug-likeness (QED) is 0.634. The number of H-pyrrole nitrogens is 1. The highest BCUT2D eigenvalue weighted by atomic mass is 16.1. The molecule has 6 nitrogen and oxygen atoms in total. The third kappa shape index (κ3) is 3.04. The van der Waals surface area contributed by atoms with Crippen LogP contribution in [0.25, 0.3) is 10.9 Å². The largest absolute Gasteiger partial charge is 0.369 e. The SMILES string of the molecule is CCc1cc2c(cc1N1CCN(C3CNC3)CC1)C(C)(C)c1[nH]c3cc(C#N)ccc3c1C2=O. The minimum atomic E-state index is -0.342. The van der Waals surface area contributed by atoms with Crippen LogP contribution in [0, 0.1) is 11.3 Å². The van der Waals surface area contributed by atoms with Crippen LogP contribution in [0.1, 0.15) is 59.1 Å². The van der Waals surface area contributed by atoms with E-state index in [4.69, 9.17) is 0 Å². The molecule has 6 heteroatoms. The second kappa shape index (κ2) is 7.69. The molecule has 0 amide bonds. The summed E-state index contributed by atoms with van der Waals surface area (Å²) < 4.78 is 0. The highest BCUT2D eigenvalue weighted by Gasteiger charge is 2.40. The third-order valence-electron chi connectivity index (χ3n) is 8.23. The van der Waals surface area contributed by atoms with Crippen molar-refractivity contribution in [2.45, 2.75) is 38.6 Å². The number of aromatic amines is 1. The van der Waals surface area contributed by atoms with Gasteiger partial charge in [0.05, 0.1) is 17.2 Å². The molecular weight excluding hydrogens is 422 g/mol. The molecule has 2 fully saturated rings. The van der Waals surface area contributed by atoms with Crippen molar-refractivity contribution >= 4 is 22.4 Å². The number of piperazine rings is 1. The predicted octanol–water partition coefficient (Wildman–Crippen LogP) is 3.57. The van der Waals surface area contributed by atoms with Crippen LogP contribution in [0.3, 0.4) is 0 Å². The second-order valence-electron chi connectivity index (χ2n) is 10.4. The van der Waals surface area contributed by atoms with E-state index < -0.39 is 0 Å². The summed E-state index contributed by atoms with van der Waals surface area (Å²) in [6.07, 6.45) is 0.898. The minimum Gasteiger partial charge on any atom is -0.369 e. The van der Waals surface area contributed by atoms with Crippen molar-refractivity contribution in [1.29, 1.82) is 5.26 Å². The van der Waals surface area contributed by atoms with E-state index in [-0.39, 0.29) is 11.2 Å². The van der Waals surface area contributed by atoms with Crippen molar-refractivity contribution < 1.29 is 4.79 Å². The molecule has 2 aromatic carbocycles. The first-order valence-electron chi connectivity index (χ1n) is 12.4. The van der Waals surface area contributed by atoms with E-state index in [9.17, 15) is 10.1 Å². The van der Waals surface area contributed by atoms with Crippen LogP contribution in [-0.2, 0) is 11.8 Å². The third-order valence-corrected chi connectivity index (χ3v) is 8.23. The molecule has 0 saturated carbocycles. The van der Waals surface area contributed by atoms with Crippen molar-refractivity contribution in [3.8, 4) is 6.07 Å². The van der Waals surface area contributed by atoms with E-state index in [2.05, 4.69) is 59.1 Å². The highest BCUT2D eigenvalue weighted by molar-refractivity contribution is 6.20. The van der Waals surface area contributed by atoms with Crippen LogP contribution >= 0.6 is 0 Å². The Bertz CT molecular complexity index is 1350. The Balaban J connectivity index is 1.42. The number of ketones is 1. The van der Waals surface area contributed by atoms with Gasteiger partial charge in [-0.3, -0.25) is 9.69 Å². The maximum absolute atomic E-state index is 13.8. The van der Waals surface area contributed by atoms with E-state index in [0.717, 1.165) is 79.0 Å². The normalized spacial score (nSPS) is 20.1. The number of anilines is 1. The Morgan fingerprint density at radius 1 is 1.12 bits per heavy atom. The van der Waals surface area contributed by atoms with Crippen molar-refractivity contribution in [2.24, 2.45) is 0 Å². The zero-order valence-electron chi connectivity index (χ0n) is 20.2. The number of benzene rings is 2. The maximum atomic E-state index is 13.8. The molecule has 0 spiro atoms. The predicted molar refractivity (Wildman–Crippen MR) is 135 cm³/mol. The molecular formula is C28H31N5O. The maximum Gasteiger partial charge on any atom is 0.195 e. The van der Waals surface area contributed by atoms with Crippen LogP contribution < -0.4 is 10.2 Å². The number of fused-ring (bicyclic) bond motifs is 4. The van der Waals surface area contributed by atoms with Gasteiger partial charge in [-0.15, -0.1) is 0 Å². The Morgan fingerprint density at radius 3 is 2.53 bits per heavy atom. The summed E-state index contributed by atoms with van der Waals surface area (Å²) >= 11 is 0. The van der Waals surface area contributed by atoms with Crippen molar-refractivity contribution in [3.05, 3.63) is 63.8 Å². The zero-order chi connectivity index (χ0) is 23.6. The molecule has 0 unspecified atom stereocenters. The van der Waals surface area contributed by atoms with Gasteiger partial charge in [-0.05, 0) is 41.8 Å². The Kier molecular flexibility index (Phi) is 4.84. The average Bonchev–Trinajstić information content (AvgIpc) is 3.21. The smallest absolute Gasteiger partial charge is 0.195 e. The number of rotatable bonds is 3. The van der Waals surface area contributed by atoms with Gasteiger partial charge in [0.1, 0.15) is 0 Å². The molecule has 0 atom stereocenters. The summed E-state index contributed by atoms with van der Waals surface area (Å²) in [5.41, 5.74) is 7.26. The number of aryl methyl sites for hydroxylation is 1. The lowest BCUT2D eigenvalue weighted by atomic mass is 9.70. The van der Waals surface area contributed by atoms with Gasteiger partial charge in [-0.2, -0.15) is 5.26 Å². The van der Waals surface area contributed by atoms with Gasteiger partial charge in [-0.1, -0.05) is 26.8 Å². The van der Waals surface area contributed by atoms with Crippen LogP contribution in [0.5, 0.6) is 0 Å².